The molecule has 0 radical (unpaired) electrons. The van der Waals surface area contributed by atoms with E-state index < -0.39 is 0 Å². The van der Waals surface area contributed by atoms with Gasteiger partial charge in [0.25, 0.3) is 0 Å². The van der Waals surface area contributed by atoms with Crippen molar-refractivity contribution in [2.45, 2.75) is 6.92 Å². The van der Waals surface area contributed by atoms with Crippen LogP contribution in [-0.2, 0) is 4.79 Å². The largest absolute Gasteiger partial charge is 0.359 e. The summed E-state index contributed by atoms with van der Waals surface area (Å²) >= 11 is 3.37. The molecule has 0 aliphatic carbocycles. The van der Waals surface area contributed by atoms with Crippen molar-refractivity contribution < 1.29 is 9.59 Å². The monoisotopic (exact) mass is 326 g/mol. The smallest absolute Gasteiger partial charge is 0.223 e. The van der Waals surface area contributed by atoms with Gasteiger partial charge < -0.3 is 5.32 Å². The van der Waals surface area contributed by atoms with Gasteiger partial charge in [0.2, 0.25) is 5.91 Å². The number of benzene rings is 1. The third kappa shape index (κ3) is 4.76. The van der Waals surface area contributed by atoms with Crippen LogP contribution in [0, 0.1) is 5.92 Å². The highest BCUT2D eigenvalue weighted by Crippen LogP contribution is 2.16. The SMILES string of the molecule is CNC(=O)C(C)CN(C)CC(=O)c1ccccc1Br. The van der Waals surface area contributed by atoms with Crippen LogP contribution in [0.5, 0.6) is 0 Å². The molecule has 0 spiro atoms. The zero-order chi connectivity index (χ0) is 14.4. The number of ketones is 1. The molecule has 0 aromatic heterocycles. The summed E-state index contributed by atoms with van der Waals surface area (Å²) < 4.78 is 0.799. The Bertz CT molecular complexity index is 463. The number of carbonyl (C=O) groups is 2. The predicted octanol–water partition coefficient (Wildman–Crippen LogP) is 1.95. The average Bonchev–Trinajstić information content (AvgIpc) is 2.37. The molecule has 0 aliphatic rings. The number of hydrogen-bond acceptors (Lipinski definition) is 3. The summed E-state index contributed by atoms with van der Waals surface area (Å²) in [4.78, 5) is 25.4. The first kappa shape index (κ1) is 15.9. The highest BCUT2D eigenvalue weighted by atomic mass is 79.9. The van der Waals surface area contributed by atoms with E-state index >= 15 is 0 Å². The quantitative estimate of drug-likeness (QED) is 0.813. The minimum Gasteiger partial charge on any atom is -0.359 e. The van der Waals surface area contributed by atoms with Gasteiger partial charge in [-0.1, -0.05) is 41.1 Å². The molecular weight excluding hydrogens is 308 g/mol. The molecule has 0 bridgehead atoms. The molecule has 1 rings (SSSR count). The van der Waals surface area contributed by atoms with Gasteiger partial charge in [-0.2, -0.15) is 0 Å². The van der Waals surface area contributed by atoms with Crippen molar-refractivity contribution in [3.8, 4) is 0 Å². The first-order valence-corrected chi connectivity index (χ1v) is 6.93. The van der Waals surface area contributed by atoms with Crippen LogP contribution in [-0.4, -0.2) is 43.8 Å². The molecule has 0 saturated carbocycles. The molecule has 5 heteroatoms. The van der Waals surface area contributed by atoms with Gasteiger partial charge in [0, 0.05) is 29.5 Å². The van der Waals surface area contributed by atoms with Crippen LogP contribution in [0.1, 0.15) is 17.3 Å². The van der Waals surface area contributed by atoms with E-state index in [9.17, 15) is 9.59 Å². The number of halogens is 1. The van der Waals surface area contributed by atoms with Crippen molar-refractivity contribution in [2.75, 3.05) is 27.2 Å². The van der Waals surface area contributed by atoms with Gasteiger partial charge in [-0.3, -0.25) is 14.5 Å². The van der Waals surface area contributed by atoms with Gasteiger partial charge in [0.1, 0.15) is 0 Å². The van der Waals surface area contributed by atoms with E-state index in [0.29, 0.717) is 18.7 Å². The minimum absolute atomic E-state index is 0.0137. The number of hydrogen-bond donors (Lipinski definition) is 1. The molecule has 0 aliphatic heterocycles. The standard InChI is InChI=1S/C14H19BrN2O2/c1-10(14(19)16-2)8-17(3)9-13(18)11-6-4-5-7-12(11)15/h4-7,10H,8-9H2,1-3H3,(H,16,19). The number of Topliss-reactive ketones (excluding diaryl/α,β-unsaturated/α-hetero) is 1. The lowest BCUT2D eigenvalue weighted by Gasteiger charge is -2.19. The normalized spacial score (nSPS) is 12.3. The van der Waals surface area contributed by atoms with E-state index in [1.54, 1.807) is 13.1 Å². The number of nitrogens with one attached hydrogen (secondary N) is 1. The minimum atomic E-state index is -0.137. The highest BCUT2D eigenvalue weighted by Gasteiger charge is 2.17. The zero-order valence-electron chi connectivity index (χ0n) is 11.4. The maximum atomic E-state index is 12.1. The van der Waals surface area contributed by atoms with Crippen LogP contribution in [0.4, 0.5) is 0 Å². The van der Waals surface area contributed by atoms with Crippen LogP contribution < -0.4 is 5.32 Å². The van der Waals surface area contributed by atoms with Crippen molar-refractivity contribution in [2.24, 2.45) is 5.92 Å². The van der Waals surface area contributed by atoms with Crippen LogP contribution in [0.2, 0.25) is 0 Å². The molecule has 0 heterocycles. The summed E-state index contributed by atoms with van der Waals surface area (Å²) in [5.74, 6) is -0.110. The fraction of sp³-hybridized carbons (Fsp3) is 0.429. The second-order valence-electron chi connectivity index (χ2n) is 4.62. The molecule has 1 aromatic carbocycles. The average molecular weight is 327 g/mol. The molecule has 0 saturated heterocycles. The molecular formula is C14H19BrN2O2. The number of likely N-dealkylation sites (N-methyl/N-ethyl adjacent to an activating group) is 1. The number of rotatable bonds is 6. The topological polar surface area (TPSA) is 49.4 Å². The Balaban J connectivity index is 2.58. The van der Waals surface area contributed by atoms with E-state index in [1.807, 2.05) is 37.1 Å². The Hall–Kier alpha value is -1.20. The Kier molecular flexibility index (Phi) is 6.18. The summed E-state index contributed by atoms with van der Waals surface area (Å²) in [6, 6.07) is 7.35. The molecule has 1 N–H and O–H groups in total. The van der Waals surface area contributed by atoms with Crippen LogP contribution in [0.15, 0.2) is 28.7 Å². The molecule has 0 fully saturated rings. The zero-order valence-corrected chi connectivity index (χ0v) is 13.0. The fourth-order valence-electron chi connectivity index (χ4n) is 1.88. The number of amides is 1. The summed E-state index contributed by atoms with van der Waals surface area (Å²) in [5, 5.41) is 2.61. The maximum absolute atomic E-state index is 12.1. The lowest BCUT2D eigenvalue weighted by molar-refractivity contribution is -0.124. The van der Waals surface area contributed by atoms with Crippen molar-refractivity contribution in [1.29, 1.82) is 0 Å². The van der Waals surface area contributed by atoms with E-state index in [1.165, 1.54) is 0 Å². The highest BCUT2D eigenvalue weighted by molar-refractivity contribution is 9.10. The van der Waals surface area contributed by atoms with Crippen molar-refractivity contribution >= 4 is 27.6 Å². The maximum Gasteiger partial charge on any atom is 0.223 e. The third-order valence-corrected chi connectivity index (χ3v) is 3.56. The van der Waals surface area contributed by atoms with Crippen molar-refractivity contribution in [3.05, 3.63) is 34.3 Å². The second-order valence-corrected chi connectivity index (χ2v) is 5.47. The Morgan fingerprint density at radius 3 is 2.58 bits per heavy atom. The van der Waals surface area contributed by atoms with Gasteiger partial charge in [-0.25, -0.2) is 0 Å². The summed E-state index contributed by atoms with van der Waals surface area (Å²) in [5.41, 5.74) is 0.668. The molecule has 1 atom stereocenters. The van der Waals surface area contributed by atoms with Crippen molar-refractivity contribution in [3.63, 3.8) is 0 Å². The Morgan fingerprint density at radius 1 is 1.37 bits per heavy atom. The summed E-state index contributed by atoms with van der Waals surface area (Å²) in [6.07, 6.45) is 0. The predicted molar refractivity (Wildman–Crippen MR) is 79.2 cm³/mol. The fourth-order valence-corrected chi connectivity index (χ4v) is 2.38. The van der Waals surface area contributed by atoms with E-state index in [-0.39, 0.29) is 17.6 Å². The summed E-state index contributed by atoms with van der Waals surface area (Å²) in [6.45, 7) is 2.69. The van der Waals surface area contributed by atoms with E-state index in [4.69, 9.17) is 0 Å². The van der Waals surface area contributed by atoms with Crippen LogP contribution in [0.3, 0.4) is 0 Å². The Morgan fingerprint density at radius 2 is 2.00 bits per heavy atom. The summed E-state index contributed by atoms with van der Waals surface area (Å²) in [7, 11) is 3.46. The van der Waals surface area contributed by atoms with Crippen molar-refractivity contribution in [1.82, 2.24) is 10.2 Å². The van der Waals surface area contributed by atoms with Gasteiger partial charge in [-0.15, -0.1) is 0 Å². The molecule has 104 valence electrons. The molecule has 4 nitrogen and oxygen atoms in total. The third-order valence-electron chi connectivity index (χ3n) is 2.87. The van der Waals surface area contributed by atoms with Gasteiger partial charge >= 0.3 is 0 Å². The molecule has 1 amide bonds. The Labute approximate surface area is 122 Å². The molecule has 1 unspecified atom stereocenters. The van der Waals surface area contributed by atoms with E-state index in [2.05, 4.69) is 21.2 Å². The number of nitrogens with zero attached hydrogens (tertiary/aromatic N) is 1. The van der Waals surface area contributed by atoms with Crippen LogP contribution in [0.25, 0.3) is 0 Å². The van der Waals surface area contributed by atoms with E-state index in [0.717, 1.165) is 4.47 Å². The molecule has 19 heavy (non-hydrogen) atoms. The molecule has 1 aromatic rings. The van der Waals surface area contributed by atoms with Crippen LogP contribution >= 0.6 is 15.9 Å². The second kappa shape index (κ2) is 7.40. The lowest BCUT2D eigenvalue weighted by atomic mass is 10.1. The number of carbonyl (C=O) groups excluding carboxylic acids is 2. The van der Waals surface area contributed by atoms with Gasteiger partial charge in [0.15, 0.2) is 5.78 Å². The first-order chi connectivity index (χ1) is 8.95. The van der Waals surface area contributed by atoms with Gasteiger partial charge in [0.05, 0.1) is 6.54 Å². The van der Waals surface area contributed by atoms with Gasteiger partial charge in [-0.05, 0) is 13.1 Å². The lowest BCUT2D eigenvalue weighted by Crippen LogP contribution is -2.36. The first-order valence-electron chi connectivity index (χ1n) is 6.13.